The van der Waals surface area contributed by atoms with E-state index in [9.17, 15) is 17.6 Å². The van der Waals surface area contributed by atoms with Crippen molar-refractivity contribution in [2.75, 3.05) is 18.9 Å². The first-order chi connectivity index (χ1) is 17.2. The molecule has 1 saturated carbocycles. The van der Waals surface area contributed by atoms with E-state index >= 15 is 0 Å². The number of pyridine rings is 1. The van der Waals surface area contributed by atoms with Gasteiger partial charge in [0.15, 0.2) is 0 Å². The Morgan fingerprint density at radius 3 is 2.53 bits per heavy atom. The van der Waals surface area contributed by atoms with Gasteiger partial charge in [0.25, 0.3) is 5.56 Å². The quantitative estimate of drug-likeness (QED) is 0.499. The van der Waals surface area contributed by atoms with Gasteiger partial charge in [0.05, 0.1) is 10.6 Å². The van der Waals surface area contributed by atoms with Gasteiger partial charge in [-0.15, -0.1) is 0 Å². The van der Waals surface area contributed by atoms with Crippen LogP contribution in [0.1, 0.15) is 48.8 Å². The molecule has 1 atom stereocenters. The molecule has 1 aliphatic heterocycles. The predicted molar refractivity (Wildman–Crippen MR) is 134 cm³/mol. The number of sulfonamides is 1. The maximum absolute atomic E-state index is 14.3. The zero-order chi connectivity index (χ0) is 25.4. The number of primary sulfonamides is 1. The van der Waals surface area contributed by atoms with Crippen LogP contribution in [0.15, 0.2) is 58.6 Å². The molecule has 0 amide bonds. The summed E-state index contributed by atoms with van der Waals surface area (Å²) in [4.78, 5) is 23.0. The highest BCUT2D eigenvalue weighted by Gasteiger charge is 2.31. The smallest absolute Gasteiger partial charge is 0.250 e. The Labute approximate surface area is 209 Å². The summed E-state index contributed by atoms with van der Waals surface area (Å²) in [5.74, 6) is 0.162. The lowest BCUT2D eigenvalue weighted by Gasteiger charge is -2.35. The van der Waals surface area contributed by atoms with Crippen molar-refractivity contribution < 1.29 is 12.8 Å². The van der Waals surface area contributed by atoms with Crippen molar-refractivity contribution in [3.63, 3.8) is 0 Å². The zero-order valence-corrected chi connectivity index (χ0v) is 20.8. The Balaban J connectivity index is 1.18. The monoisotopic (exact) mass is 512 g/mol. The van der Waals surface area contributed by atoms with Crippen molar-refractivity contribution in [2.45, 2.75) is 49.1 Å². The number of rotatable bonds is 7. The number of nitrogens with zero attached hydrogens (tertiary/aromatic N) is 4. The molecular formula is C25H29FN6O3S. The molecule has 2 fully saturated rings. The minimum absolute atomic E-state index is 0.0333. The first-order valence-corrected chi connectivity index (χ1v) is 13.5. The van der Waals surface area contributed by atoms with Crippen LogP contribution in [0.3, 0.4) is 0 Å². The molecule has 2 aliphatic rings. The molecule has 190 valence electrons. The fourth-order valence-corrected chi connectivity index (χ4v) is 5.69. The van der Waals surface area contributed by atoms with Crippen LogP contribution in [-0.4, -0.2) is 41.4 Å². The van der Waals surface area contributed by atoms with Crippen LogP contribution < -0.4 is 16.0 Å². The number of likely N-dealkylation sites (tertiary alicyclic amines) is 1. The number of hydrogen-bond acceptors (Lipinski definition) is 7. The maximum Gasteiger partial charge on any atom is 0.250 e. The van der Waals surface area contributed by atoms with E-state index in [4.69, 9.17) is 5.14 Å². The van der Waals surface area contributed by atoms with Gasteiger partial charge in [-0.3, -0.25) is 9.69 Å². The normalized spacial score (nSPS) is 22.4. The summed E-state index contributed by atoms with van der Waals surface area (Å²) in [6.45, 7) is 1.79. The maximum atomic E-state index is 14.3. The Kier molecular flexibility index (Phi) is 6.62. The van der Waals surface area contributed by atoms with Crippen LogP contribution in [-0.2, 0) is 16.6 Å². The van der Waals surface area contributed by atoms with Gasteiger partial charge >= 0.3 is 0 Å². The highest BCUT2D eigenvalue weighted by atomic mass is 32.2. The molecule has 0 bridgehead atoms. The second-order valence-corrected chi connectivity index (χ2v) is 11.3. The van der Waals surface area contributed by atoms with Gasteiger partial charge in [-0.25, -0.2) is 27.9 Å². The number of halogens is 1. The van der Waals surface area contributed by atoms with Gasteiger partial charge in [0.1, 0.15) is 5.82 Å². The topological polar surface area (TPSA) is 123 Å². The molecule has 11 heteroatoms. The summed E-state index contributed by atoms with van der Waals surface area (Å²) in [7, 11) is -1.85. The molecule has 3 heterocycles. The summed E-state index contributed by atoms with van der Waals surface area (Å²) >= 11 is 0. The fraction of sp³-hybridized carbons (Fsp3) is 0.400. The molecule has 3 N–H and O–H groups in total. The summed E-state index contributed by atoms with van der Waals surface area (Å²) in [6.07, 6.45) is 9.66. The van der Waals surface area contributed by atoms with Gasteiger partial charge in [0, 0.05) is 37.2 Å². The van der Waals surface area contributed by atoms with Crippen molar-refractivity contribution >= 4 is 21.7 Å². The van der Waals surface area contributed by atoms with Crippen LogP contribution in [0.5, 0.6) is 0 Å². The lowest BCUT2D eigenvalue weighted by Crippen LogP contribution is -2.31. The first kappa shape index (κ1) is 24.5. The predicted octanol–water partition coefficient (Wildman–Crippen LogP) is 3.13. The van der Waals surface area contributed by atoms with Crippen LogP contribution in [0.4, 0.5) is 16.0 Å². The SMILES string of the molecule is CN1CCCC1c1ccc(=O)n(CC2CC(c3cnc(Nc4ccc(S(N)(=O)=O)cc4F)nc3)C2)c1. The summed E-state index contributed by atoms with van der Waals surface area (Å²) in [6, 6.07) is 7.38. The molecular weight excluding hydrogens is 483 g/mol. The van der Waals surface area contributed by atoms with Crippen LogP contribution in [0, 0.1) is 11.7 Å². The van der Waals surface area contributed by atoms with E-state index in [1.165, 1.54) is 24.1 Å². The molecule has 1 unspecified atom stereocenters. The lowest BCUT2D eigenvalue weighted by atomic mass is 9.72. The van der Waals surface area contributed by atoms with Crippen molar-refractivity contribution in [2.24, 2.45) is 11.1 Å². The number of hydrogen-bond donors (Lipinski definition) is 2. The van der Waals surface area contributed by atoms with E-state index in [1.807, 2.05) is 16.8 Å². The van der Waals surface area contributed by atoms with Crippen molar-refractivity contribution in [3.8, 4) is 0 Å². The molecule has 9 nitrogen and oxygen atoms in total. The second kappa shape index (κ2) is 9.72. The standard InChI is InChI=1S/C25H29FN6O3S/c1-31-8-2-3-23(31)17-4-7-24(33)32(15-17)14-16-9-18(10-16)19-12-28-25(29-13-19)30-22-6-5-20(11-21(22)26)36(27,34)35/h4-7,11-13,15-16,18,23H,2-3,8-10,14H2,1H3,(H2,27,34,35)(H,28,29,30). The Morgan fingerprint density at radius 1 is 1.14 bits per heavy atom. The molecule has 1 aliphatic carbocycles. The average molecular weight is 513 g/mol. The largest absolute Gasteiger partial charge is 0.322 e. The van der Waals surface area contributed by atoms with Crippen LogP contribution in [0.2, 0.25) is 0 Å². The molecule has 3 aromatic rings. The van der Waals surface area contributed by atoms with Gasteiger partial charge in [-0.05, 0) is 80.4 Å². The molecule has 1 saturated heterocycles. The van der Waals surface area contributed by atoms with Gasteiger partial charge in [-0.1, -0.05) is 6.07 Å². The number of nitrogens with two attached hydrogens (primary N) is 1. The van der Waals surface area contributed by atoms with E-state index in [2.05, 4.69) is 27.2 Å². The minimum atomic E-state index is -3.98. The summed E-state index contributed by atoms with van der Waals surface area (Å²) in [5, 5.41) is 7.79. The average Bonchev–Trinajstić information content (AvgIpc) is 3.24. The first-order valence-electron chi connectivity index (χ1n) is 12.0. The van der Waals surface area contributed by atoms with E-state index in [0.717, 1.165) is 37.4 Å². The van der Waals surface area contributed by atoms with Gasteiger partial charge < -0.3 is 9.88 Å². The second-order valence-electron chi connectivity index (χ2n) is 9.78. The summed E-state index contributed by atoms with van der Waals surface area (Å²) < 4.78 is 38.8. The molecule has 0 spiro atoms. The molecule has 1 aromatic carbocycles. The van der Waals surface area contributed by atoms with Crippen molar-refractivity contribution in [3.05, 3.63) is 76.2 Å². The minimum Gasteiger partial charge on any atom is -0.322 e. The van der Waals surface area contributed by atoms with Crippen LogP contribution in [0.25, 0.3) is 0 Å². The third kappa shape index (κ3) is 5.18. The number of aromatic nitrogens is 3. The Morgan fingerprint density at radius 2 is 1.89 bits per heavy atom. The lowest BCUT2D eigenvalue weighted by molar-refractivity contribution is 0.229. The van der Waals surface area contributed by atoms with Crippen molar-refractivity contribution in [1.29, 1.82) is 0 Å². The van der Waals surface area contributed by atoms with Gasteiger partial charge in [-0.2, -0.15) is 0 Å². The molecule has 0 radical (unpaired) electrons. The number of nitrogens with one attached hydrogen (secondary N) is 1. The Hall–Kier alpha value is -3.15. The molecule has 2 aromatic heterocycles. The van der Waals surface area contributed by atoms with Crippen LogP contribution >= 0.6 is 0 Å². The highest BCUT2D eigenvalue weighted by molar-refractivity contribution is 7.89. The fourth-order valence-electron chi connectivity index (χ4n) is 5.16. The Bertz CT molecular complexity index is 1420. The number of anilines is 2. The molecule has 36 heavy (non-hydrogen) atoms. The molecule has 5 rings (SSSR count). The third-order valence-electron chi connectivity index (χ3n) is 7.26. The number of benzene rings is 1. The van der Waals surface area contributed by atoms with Gasteiger partial charge in [0.2, 0.25) is 16.0 Å². The van der Waals surface area contributed by atoms with E-state index in [-0.39, 0.29) is 22.1 Å². The zero-order valence-electron chi connectivity index (χ0n) is 20.0. The third-order valence-corrected chi connectivity index (χ3v) is 8.17. The van der Waals surface area contributed by atoms with E-state index < -0.39 is 15.8 Å². The summed E-state index contributed by atoms with van der Waals surface area (Å²) in [5.41, 5.74) is 2.29. The van der Waals surface area contributed by atoms with E-state index in [1.54, 1.807) is 18.5 Å². The van der Waals surface area contributed by atoms with E-state index in [0.29, 0.717) is 24.4 Å². The highest BCUT2D eigenvalue weighted by Crippen LogP contribution is 2.42. The van der Waals surface area contributed by atoms with Crippen molar-refractivity contribution in [1.82, 2.24) is 19.4 Å².